The number of hydrogen-bond donors (Lipinski definition) is 1. The Labute approximate surface area is 119 Å². The Kier molecular flexibility index (Phi) is 4.66. The maximum absolute atomic E-state index is 13.9. The van der Waals surface area contributed by atoms with Gasteiger partial charge in [0.25, 0.3) is 0 Å². The number of hydrogen-bond acceptors (Lipinski definition) is 1. The van der Waals surface area contributed by atoms with E-state index in [1.165, 1.54) is 12.1 Å². The third-order valence-corrected chi connectivity index (χ3v) is 3.56. The van der Waals surface area contributed by atoms with Crippen molar-refractivity contribution in [3.8, 4) is 0 Å². The van der Waals surface area contributed by atoms with Gasteiger partial charge in [0.15, 0.2) is 0 Å². The fourth-order valence-electron chi connectivity index (χ4n) is 2.04. The normalized spacial score (nSPS) is 12.4. The fourth-order valence-corrected chi connectivity index (χ4v) is 2.37. The van der Waals surface area contributed by atoms with Gasteiger partial charge in [-0.25, -0.2) is 8.78 Å². The highest BCUT2D eigenvalue weighted by molar-refractivity contribution is 9.10. The molecule has 1 atom stereocenters. The van der Waals surface area contributed by atoms with Crippen LogP contribution in [0.1, 0.15) is 17.2 Å². The van der Waals surface area contributed by atoms with E-state index in [9.17, 15) is 8.78 Å². The third-order valence-electron chi connectivity index (χ3n) is 3.07. The smallest absolute Gasteiger partial charge is 0.129 e. The standard InChI is InChI=1S/C15H14BrF2N/c1-19-15(8-10-4-2-3-5-13(10)17)12-7-6-11(16)9-14(12)18/h2-7,9,15,19H,8H2,1H3. The maximum Gasteiger partial charge on any atom is 0.129 e. The molecule has 1 N–H and O–H groups in total. The van der Waals surface area contributed by atoms with E-state index in [-0.39, 0.29) is 17.7 Å². The molecule has 0 aliphatic carbocycles. The fraction of sp³-hybridized carbons (Fsp3) is 0.200. The summed E-state index contributed by atoms with van der Waals surface area (Å²) in [5.74, 6) is -0.565. The third kappa shape index (κ3) is 3.39. The minimum Gasteiger partial charge on any atom is -0.313 e. The second kappa shape index (κ2) is 6.26. The first-order valence-electron chi connectivity index (χ1n) is 5.97. The van der Waals surface area contributed by atoms with Gasteiger partial charge in [-0.2, -0.15) is 0 Å². The Bertz CT molecular complexity index is 572. The van der Waals surface area contributed by atoms with E-state index in [0.717, 1.165) is 0 Å². The van der Waals surface area contributed by atoms with Gasteiger partial charge in [-0.3, -0.25) is 0 Å². The lowest BCUT2D eigenvalue weighted by atomic mass is 9.98. The summed E-state index contributed by atoms with van der Waals surface area (Å²) < 4.78 is 28.3. The molecule has 0 saturated carbocycles. The van der Waals surface area contributed by atoms with Gasteiger partial charge in [-0.15, -0.1) is 0 Å². The van der Waals surface area contributed by atoms with Gasteiger partial charge in [0.2, 0.25) is 0 Å². The van der Waals surface area contributed by atoms with Crippen molar-refractivity contribution in [2.75, 3.05) is 7.05 Å². The number of benzene rings is 2. The average Bonchev–Trinajstić information content (AvgIpc) is 2.39. The molecule has 0 heterocycles. The molecule has 0 saturated heterocycles. The Morgan fingerprint density at radius 1 is 1.11 bits per heavy atom. The van der Waals surface area contributed by atoms with Crippen molar-refractivity contribution in [3.05, 3.63) is 69.7 Å². The van der Waals surface area contributed by atoms with Crippen LogP contribution in [0.5, 0.6) is 0 Å². The van der Waals surface area contributed by atoms with Crippen molar-refractivity contribution < 1.29 is 8.78 Å². The summed E-state index contributed by atoms with van der Waals surface area (Å²) in [5.41, 5.74) is 1.11. The quantitative estimate of drug-likeness (QED) is 0.887. The maximum atomic E-state index is 13.9. The molecule has 0 radical (unpaired) electrons. The van der Waals surface area contributed by atoms with Gasteiger partial charge in [-0.05, 0) is 37.2 Å². The summed E-state index contributed by atoms with van der Waals surface area (Å²) in [6.45, 7) is 0. The van der Waals surface area contributed by atoms with Crippen molar-refractivity contribution in [1.29, 1.82) is 0 Å². The SMILES string of the molecule is CNC(Cc1ccccc1F)c1ccc(Br)cc1F. The van der Waals surface area contributed by atoms with E-state index in [1.54, 1.807) is 37.4 Å². The minimum absolute atomic E-state index is 0.259. The van der Waals surface area contributed by atoms with Crippen LogP contribution in [-0.4, -0.2) is 7.05 Å². The van der Waals surface area contributed by atoms with Crippen molar-refractivity contribution >= 4 is 15.9 Å². The highest BCUT2D eigenvalue weighted by Gasteiger charge is 2.16. The molecule has 0 amide bonds. The molecule has 100 valence electrons. The van der Waals surface area contributed by atoms with Crippen molar-refractivity contribution in [3.63, 3.8) is 0 Å². The molecule has 19 heavy (non-hydrogen) atoms. The van der Waals surface area contributed by atoms with Gasteiger partial charge in [0.1, 0.15) is 11.6 Å². The van der Waals surface area contributed by atoms with E-state index in [4.69, 9.17) is 0 Å². The Morgan fingerprint density at radius 3 is 2.47 bits per heavy atom. The van der Waals surface area contributed by atoms with Gasteiger partial charge in [-0.1, -0.05) is 40.2 Å². The summed E-state index contributed by atoms with van der Waals surface area (Å²) in [4.78, 5) is 0. The first-order valence-corrected chi connectivity index (χ1v) is 6.76. The molecule has 2 rings (SSSR count). The largest absolute Gasteiger partial charge is 0.313 e. The van der Waals surface area contributed by atoms with Crippen LogP contribution in [0, 0.1) is 11.6 Å². The summed E-state index contributed by atoms with van der Waals surface area (Å²) in [5, 5.41) is 3.03. The lowest BCUT2D eigenvalue weighted by molar-refractivity contribution is 0.519. The minimum atomic E-state index is -0.301. The Balaban J connectivity index is 2.28. The highest BCUT2D eigenvalue weighted by Crippen LogP contribution is 2.24. The molecule has 0 aliphatic rings. The predicted molar refractivity (Wildman–Crippen MR) is 76.0 cm³/mol. The molecule has 2 aromatic rings. The van der Waals surface area contributed by atoms with Gasteiger partial charge < -0.3 is 5.32 Å². The molecule has 1 nitrogen and oxygen atoms in total. The molecule has 4 heteroatoms. The molecule has 0 aromatic heterocycles. The predicted octanol–water partition coefficient (Wildman–Crippen LogP) is 4.23. The Hall–Kier alpha value is -1.26. The van der Waals surface area contributed by atoms with Crippen LogP contribution in [0.4, 0.5) is 8.78 Å². The molecular formula is C15H14BrF2N. The van der Waals surface area contributed by atoms with Crippen LogP contribution < -0.4 is 5.32 Å². The number of halogens is 3. The zero-order valence-corrected chi connectivity index (χ0v) is 12.0. The van der Waals surface area contributed by atoms with E-state index >= 15 is 0 Å². The van der Waals surface area contributed by atoms with Crippen LogP contribution in [0.25, 0.3) is 0 Å². The molecular weight excluding hydrogens is 312 g/mol. The highest BCUT2D eigenvalue weighted by atomic mass is 79.9. The second-order valence-electron chi connectivity index (χ2n) is 4.30. The van der Waals surface area contributed by atoms with Crippen LogP contribution in [0.15, 0.2) is 46.9 Å². The topological polar surface area (TPSA) is 12.0 Å². The Morgan fingerprint density at radius 2 is 1.84 bits per heavy atom. The summed E-state index contributed by atoms with van der Waals surface area (Å²) in [7, 11) is 1.74. The van der Waals surface area contributed by atoms with Crippen LogP contribution in [0.2, 0.25) is 0 Å². The molecule has 0 fully saturated rings. The zero-order valence-electron chi connectivity index (χ0n) is 10.5. The van der Waals surface area contributed by atoms with E-state index < -0.39 is 0 Å². The van der Waals surface area contributed by atoms with E-state index in [2.05, 4.69) is 21.2 Å². The van der Waals surface area contributed by atoms with E-state index in [1.807, 2.05) is 0 Å². The van der Waals surface area contributed by atoms with Gasteiger partial charge in [0, 0.05) is 16.1 Å². The van der Waals surface area contributed by atoms with Crippen LogP contribution >= 0.6 is 15.9 Å². The zero-order chi connectivity index (χ0) is 13.8. The molecule has 2 aromatic carbocycles. The average molecular weight is 326 g/mol. The number of likely N-dealkylation sites (N-methyl/N-ethyl adjacent to an activating group) is 1. The monoisotopic (exact) mass is 325 g/mol. The van der Waals surface area contributed by atoms with Gasteiger partial charge in [0.05, 0.1) is 0 Å². The first-order chi connectivity index (χ1) is 9.11. The summed E-state index contributed by atoms with van der Waals surface area (Å²) in [6.07, 6.45) is 0.404. The van der Waals surface area contributed by atoms with Crippen molar-refractivity contribution in [2.45, 2.75) is 12.5 Å². The second-order valence-corrected chi connectivity index (χ2v) is 5.22. The molecule has 0 bridgehead atoms. The summed E-state index contributed by atoms with van der Waals surface area (Å²) in [6, 6.07) is 11.2. The first kappa shape index (κ1) is 14.2. The number of rotatable bonds is 4. The lowest BCUT2D eigenvalue weighted by Gasteiger charge is -2.18. The van der Waals surface area contributed by atoms with Crippen molar-refractivity contribution in [1.82, 2.24) is 5.32 Å². The van der Waals surface area contributed by atoms with Crippen molar-refractivity contribution in [2.24, 2.45) is 0 Å². The molecule has 1 unspecified atom stereocenters. The molecule has 0 aliphatic heterocycles. The van der Waals surface area contributed by atoms with Crippen LogP contribution in [-0.2, 0) is 6.42 Å². The summed E-state index contributed by atoms with van der Waals surface area (Å²) >= 11 is 3.23. The van der Waals surface area contributed by atoms with E-state index in [0.29, 0.717) is 22.0 Å². The van der Waals surface area contributed by atoms with Crippen LogP contribution in [0.3, 0.4) is 0 Å². The molecule has 0 spiro atoms. The van der Waals surface area contributed by atoms with Gasteiger partial charge >= 0.3 is 0 Å². The number of nitrogens with one attached hydrogen (secondary N) is 1. The lowest BCUT2D eigenvalue weighted by Crippen LogP contribution is -2.20.